The van der Waals surface area contributed by atoms with Gasteiger partial charge in [0.05, 0.1) is 12.4 Å². The molecule has 212 valence electrons. The van der Waals surface area contributed by atoms with Crippen molar-refractivity contribution < 1.29 is 19.0 Å². The molecule has 0 radical (unpaired) electrons. The van der Waals surface area contributed by atoms with Crippen LogP contribution >= 0.6 is 7.26 Å². The summed E-state index contributed by atoms with van der Waals surface area (Å²) in [5.74, 6) is 0.0219. The number of aromatic nitrogens is 2. The number of ether oxygens (including phenoxy) is 2. The van der Waals surface area contributed by atoms with Crippen LogP contribution in [-0.4, -0.2) is 45.3 Å². The minimum Gasteiger partial charge on any atom is -0.499 e. The first kappa shape index (κ1) is 28.7. The highest BCUT2D eigenvalue weighted by molar-refractivity contribution is 7.95. The zero-order chi connectivity index (χ0) is 28.9. The number of nitrogens with two attached hydrogens (primary N) is 1. The van der Waals surface area contributed by atoms with Crippen LogP contribution in [-0.2, 0) is 9.47 Å². The van der Waals surface area contributed by atoms with E-state index in [1.807, 2.05) is 24.3 Å². The van der Waals surface area contributed by atoms with Crippen LogP contribution in [0.4, 0.5) is 10.2 Å². The highest BCUT2D eigenvalue weighted by Crippen LogP contribution is 2.55. The van der Waals surface area contributed by atoms with Crippen LogP contribution in [0.2, 0.25) is 0 Å². The molecule has 1 unspecified atom stereocenters. The standard InChI is InChI=1S/C32H33FN3O4P/c1-32(33)29(37)27(40-30(32)36-20-19-28(34)35-31(36)38)23-39-21-11-12-22-41(24-13-5-2-6-14-24,25-15-7-3-8-16-25)26-17-9-4-10-18-26/h2-11,13-21,27,29-30,37H,12,22-23H2,1H3,(H-,34,35,38)/p+1/b21-11+/t27-,29-,30-,32?/m1/s1. The lowest BCUT2D eigenvalue weighted by molar-refractivity contribution is -0.0624. The molecule has 1 aliphatic rings. The number of anilines is 1. The predicted octanol–water partition coefficient (Wildman–Crippen LogP) is 3.73. The van der Waals surface area contributed by atoms with Gasteiger partial charge in [-0.1, -0.05) is 54.6 Å². The second-order valence-electron chi connectivity index (χ2n) is 10.2. The van der Waals surface area contributed by atoms with Crippen molar-refractivity contribution in [3.8, 4) is 0 Å². The molecule has 5 rings (SSSR count). The van der Waals surface area contributed by atoms with Gasteiger partial charge < -0.3 is 20.3 Å². The molecule has 0 bridgehead atoms. The number of nitrogen functional groups attached to an aromatic ring is 1. The average molecular weight is 575 g/mol. The van der Waals surface area contributed by atoms with Gasteiger partial charge >= 0.3 is 5.69 Å². The summed E-state index contributed by atoms with van der Waals surface area (Å²) in [4.78, 5) is 15.9. The molecule has 4 atom stereocenters. The minimum atomic E-state index is -2.23. The van der Waals surface area contributed by atoms with Gasteiger partial charge in [-0.25, -0.2) is 9.18 Å². The van der Waals surface area contributed by atoms with Crippen LogP contribution in [0.1, 0.15) is 19.6 Å². The Kier molecular flexibility index (Phi) is 8.64. The highest BCUT2D eigenvalue weighted by atomic mass is 31.2. The van der Waals surface area contributed by atoms with Crippen LogP contribution in [0.15, 0.2) is 120 Å². The minimum absolute atomic E-state index is 0.0219. The maximum absolute atomic E-state index is 15.5. The molecule has 2 heterocycles. The number of halogens is 1. The molecule has 1 aliphatic heterocycles. The van der Waals surface area contributed by atoms with Gasteiger partial charge in [0.15, 0.2) is 11.9 Å². The van der Waals surface area contributed by atoms with E-state index in [0.29, 0.717) is 0 Å². The largest absolute Gasteiger partial charge is 0.499 e. The number of aliphatic hydroxyl groups is 1. The molecule has 1 saturated heterocycles. The maximum Gasteiger partial charge on any atom is 0.351 e. The third-order valence-electron chi connectivity index (χ3n) is 7.50. The van der Waals surface area contributed by atoms with Crippen molar-refractivity contribution in [1.82, 2.24) is 9.55 Å². The van der Waals surface area contributed by atoms with E-state index in [2.05, 4.69) is 77.8 Å². The molecule has 9 heteroatoms. The van der Waals surface area contributed by atoms with E-state index >= 15 is 4.39 Å². The Morgan fingerprint density at radius 1 is 1.00 bits per heavy atom. The molecule has 0 amide bonds. The van der Waals surface area contributed by atoms with Gasteiger partial charge in [0.1, 0.15) is 47.8 Å². The fraction of sp³-hybridized carbons (Fsp3) is 0.250. The fourth-order valence-corrected chi connectivity index (χ4v) is 9.64. The Labute approximate surface area is 239 Å². The van der Waals surface area contributed by atoms with Crippen molar-refractivity contribution in [3.05, 3.63) is 126 Å². The van der Waals surface area contributed by atoms with Crippen LogP contribution in [0.3, 0.4) is 0 Å². The first-order chi connectivity index (χ1) is 19.8. The van der Waals surface area contributed by atoms with Crippen molar-refractivity contribution in [2.24, 2.45) is 0 Å². The molecule has 0 aliphatic carbocycles. The second kappa shape index (κ2) is 12.4. The van der Waals surface area contributed by atoms with Crippen molar-refractivity contribution in [2.75, 3.05) is 18.5 Å². The number of aliphatic hydroxyl groups excluding tert-OH is 1. The highest BCUT2D eigenvalue weighted by Gasteiger charge is 2.55. The van der Waals surface area contributed by atoms with Crippen molar-refractivity contribution in [3.63, 3.8) is 0 Å². The summed E-state index contributed by atoms with van der Waals surface area (Å²) in [6.07, 6.45) is 2.61. The van der Waals surface area contributed by atoms with E-state index in [0.717, 1.165) is 17.1 Å². The topological polar surface area (TPSA) is 99.6 Å². The molecule has 7 nitrogen and oxygen atoms in total. The lowest BCUT2D eigenvalue weighted by Gasteiger charge is -2.27. The van der Waals surface area contributed by atoms with E-state index in [1.54, 1.807) is 6.26 Å². The molecule has 41 heavy (non-hydrogen) atoms. The SMILES string of the molecule is CC1(F)[C@H](O)[C@@H](CO/C=C/CC[P+](c2ccccc2)(c2ccccc2)c2ccccc2)O[C@H]1n1ccc(N)nc1=O. The molecule has 3 N–H and O–H groups in total. The lowest BCUT2D eigenvalue weighted by Crippen LogP contribution is -2.43. The smallest absolute Gasteiger partial charge is 0.351 e. The third kappa shape index (κ3) is 5.82. The molecule has 1 fully saturated rings. The summed E-state index contributed by atoms with van der Waals surface area (Å²) in [5.41, 5.74) is 2.56. The second-order valence-corrected chi connectivity index (χ2v) is 13.8. The summed E-state index contributed by atoms with van der Waals surface area (Å²) >= 11 is 0. The summed E-state index contributed by atoms with van der Waals surface area (Å²) in [6.45, 7) is 1.11. The average Bonchev–Trinajstić information content (AvgIpc) is 3.22. The first-order valence-electron chi connectivity index (χ1n) is 13.5. The third-order valence-corrected chi connectivity index (χ3v) is 12.0. The van der Waals surface area contributed by atoms with E-state index in [4.69, 9.17) is 15.2 Å². The molecule has 1 aromatic heterocycles. The number of hydrogen-bond donors (Lipinski definition) is 2. The monoisotopic (exact) mass is 574 g/mol. The van der Waals surface area contributed by atoms with Crippen LogP contribution < -0.4 is 27.3 Å². The number of alkyl halides is 1. The number of nitrogens with zero attached hydrogens (tertiary/aromatic N) is 2. The van der Waals surface area contributed by atoms with Crippen LogP contribution in [0.5, 0.6) is 0 Å². The van der Waals surface area contributed by atoms with Crippen molar-refractivity contribution in [1.29, 1.82) is 0 Å². The Morgan fingerprint density at radius 3 is 2.05 bits per heavy atom. The van der Waals surface area contributed by atoms with Crippen LogP contribution in [0.25, 0.3) is 0 Å². The molecule has 3 aromatic carbocycles. The van der Waals surface area contributed by atoms with Crippen molar-refractivity contribution >= 4 is 29.0 Å². The van der Waals surface area contributed by atoms with Gasteiger partial charge in [0.2, 0.25) is 0 Å². The Bertz CT molecular complexity index is 1420. The van der Waals surface area contributed by atoms with E-state index in [-0.39, 0.29) is 12.4 Å². The quantitative estimate of drug-likeness (QED) is 0.221. The molecule has 4 aromatic rings. The molecular formula is C32H34FN3O4P+. The van der Waals surface area contributed by atoms with Gasteiger partial charge in [0, 0.05) is 12.6 Å². The molecular weight excluding hydrogens is 540 g/mol. The summed E-state index contributed by atoms with van der Waals surface area (Å²) in [7, 11) is -1.97. The Hall–Kier alpha value is -3.84. The number of benzene rings is 3. The van der Waals surface area contributed by atoms with Gasteiger partial charge in [-0.2, -0.15) is 4.98 Å². The number of allylic oxidation sites excluding steroid dienone is 1. The van der Waals surface area contributed by atoms with Crippen LogP contribution in [0, 0.1) is 0 Å². The number of hydrogen-bond acceptors (Lipinski definition) is 6. The lowest BCUT2D eigenvalue weighted by atomic mass is 9.98. The van der Waals surface area contributed by atoms with Gasteiger partial charge in [-0.3, -0.25) is 4.57 Å². The van der Waals surface area contributed by atoms with E-state index < -0.39 is 37.1 Å². The predicted molar refractivity (Wildman–Crippen MR) is 162 cm³/mol. The van der Waals surface area contributed by atoms with E-state index in [1.165, 1.54) is 35.1 Å². The summed E-state index contributed by atoms with van der Waals surface area (Å²) in [6, 6.07) is 33.2. The summed E-state index contributed by atoms with van der Waals surface area (Å²) in [5, 5.41) is 14.5. The Morgan fingerprint density at radius 2 is 1.54 bits per heavy atom. The van der Waals surface area contributed by atoms with Gasteiger partial charge in [-0.15, -0.1) is 0 Å². The molecule has 0 saturated carbocycles. The molecule has 0 spiro atoms. The summed E-state index contributed by atoms with van der Waals surface area (Å²) < 4.78 is 27.9. The first-order valence-corrected chi connectivity index (χ1v) is 15.5. The fourth-order valence-electron chi connectivity index (χ4n) is 5.39. The Balaban J connectivity index is 1.30. The number of rotatable bonds is 10. The zero-order valence-corrected chi connectivity index (χ0v) is 23.7. The zero-order valence-electron chi connectivity index (χ0n) is 22.8. The maximum atomic E-state index is 15.5. The van der Waals surface area contributed by atoms with Crippen molar-refractivity contribution in [2.45, 2.75) is 37.4 Å². The normalized spacial score (nSPS) is 22.7. The van der Waals surface area contributed by atoms with Gasteiger partial charge in [-0.05, 0) is 55.5 Å². The van der Waals surface area contributed by atoms with Gasteiger partial charge in [0.25, 0.3) is 0 Å². The van der Waals surface area contributed by atoms with E-state index in [9.17, 15) is 9.90 Å².